The van der Waals surface area contributed by atoms with E-state index in [2.05, 4.69) is 5.73 Å². The van der Waals surface area contributed by atoms with Crippen LogP contribution in [0.2, 0.25) is 0 Å². The van der Waals surface area contributed by atoms with Crippen molar-refractivity contribution in [2.45, 2.75) is 0 Å². The van der Waals surface area contributed by atoms with E-state index in [0.29, 0.717) is 6.10 Å². The summed E-state index contributed by atoms with van der Waals surface area (Å²) < 4.78 is 17.0. The number of rotatable bonds is 1. The molecule has 0 aliphatic heterocycles. The summed E-state index contributed by atoms with van der Waals surface area (Å²) in [6.07, 6.45) is 4.62. The van der Waals surface area contributed by atoms with Gasteiger partial charge in [-0.3, -0.25) is 10.1 Å². The fourth-order valence-electron chi connectivity index (χ4n) is 0.540. The van der Waals surface area contributed by atoms with E-state index in [1.165, 1.54) is 19.3 Å². The second-order valence-electron chi connectivity index (χ2n) is 1.59. The molecule has 1 rings (SSSR count). The molecule has 1 aliphatic carbocycles. The quantitative estimate of drug-likeness (QED) is 0.298. The molecule has 0 radical (unpaired) electrons. The Kier molecular flexibility index (Phi) is 8.73. The Bertz CT molecular complexity index is 197. The first-order valence-electron chi connectivity index (χ1n) is 2.53. The molecule has 0 bridgehead atoms. The van der Waals surface area contributed by atoms with E-state index in [1.54, 1.807) is 6.08 Å². The SMILES string of the molecule is CO[C-]1C=C=CC(F)=C1.[Br-].[Mg+2]. The van der Waals surface area contributed by atoms with Gasteiger partial charge in [-0.05, 0) is 6.10 Å². The third-order valence-corrected chi connectivity index (χ3v) is 0.963. The summed E-state index contributed by atoms with van der Waals surface area (Å²) in [6, 6.07) is 0. The molecule has 0 saturated heterocycles. The molecule has 0 atom stereocenters. The number of hydrogen-bond donors (Lipinski definition) is 0. The standard InChI is InChI=1S/C7H6FO.BrH.Mg/c1-9-7-4-2-3-6(8)5-7;;/h3-5H,1H3;1H;/q-1;;+2/p-1. The minimum atomic E-state index is -0.325. The Morgan fingerprint density at radius 3 is 2.64 bits per heavy atom. The molecule has 0 saturated carbocycles. The first kappa shape index (κ1) is 13.8. The van der Waals surface area contributed by atoms with Gasteiger partial charge in [0.05, 0.1) is 0 Å². The van der Waals surface area contributed by atoms with Crippen molar-refractivity contribution in [1.29, 1.82) is 0 Å². The van der Waals surface area contributed by atoms with Gasteiger partial charge in [0.2, 0.25) is 0 Å². The van der Waals surface area contributed by atoms with Crippen LogP contribution in [0.3, 0.4) is 0 Å². The average molecular weight is 229 g/mol. The maximum Gasteiger partial charge on any atom is 2.00 e. The zero-order valence-corrected chi connectivity index (χ0v) is 9.10. The predicted octanol–water partition coefficient (Wildman–Crippen LogP) is -1.63. The molecule has 0 spiro atoms. The second kappa shape index (κ2) is 6.94. The van der Waals surface area contributed by atoms with Gasteiger partial charge in [-0.2, -0.15) is 0 Å². The molecular formula is C7H6BrFMgO. The van der Waals surface area contributed by atoms with Crippen molar-refractivity contribution in [3.63, 3.8) is 0 Å². The largest absolute Gasteiger partial charge is 2.00 e. The number of halogens is 2. The molecule has 1 nitrogen and oxygen atoms in total. The Morgan fingerprint density at radius 2 is 2.27 bits per heavy atom. The molecule has 0 amide bonds. The maximum atomic E-state index is 12.2. The van der Waals surface area contributed by atoms with Gasteiger partial charge < -0.3 is 21.7 Å². The number of allylic oxidation sites excluding steroid dienone is 1. The van der Waals surface area contributed by atoms with Crippen LogP contribution in [0.4, 0.5) is 4.39 Å². The number of methoxy groups -OCH3 is 1. The van der Waals surface area contributed by atoms with Gasteiger partial charge in [0, 0.05) is 12.9 Å². The Hall–Kier alpha value is 0.266. The van der Waals surface area contributed by atoms with E-state index in [9.17, 15) is 4.39 Å². The van der Waals surface area contributed by atoms with Crippen LogP contribution < -0.4 is 17.0 Å². The van der Waals surface area contributed by atoms with E-state index in [0.717, 1.165) is 0 Å². The van der Waals surface area contributed by atoms with Crippen LogP contribution in [0.5, 0.6) is 0 Å². The zero-order chi connectivity index (χ0) is 6.69. The smallest absolute Gasteiger partial charge is 1.00 e. The second-order valence-corrected chi connectivity index (χ2v) is 1.59. The van der Waals surface area contributed by atoms with Crippen molar-refractivity contribution < 1.29 is 26.1 Å². The molecule has 56 valence electrons. The molecule has 0 N–H and O–H groups in total. The van der Waals surface area contributed by atoms with Gasteiger partial charge in [-0.1, -0.05) is 0 Å². The molecule has 4 heteroatoms. The van der Waals surface area contributed by atoms with Gasteiger partial charge in [0.1, 0.15) is 0 Å². The minimum absolute atomic E-state index is 0. The van der Waals surface area contributed by atoms with Gasteiger partial charge in [-0.15, -0.1) is 18.2 Å². The van der Waals surface area contributed by atoms with Crippen LogP contribution in [0.15, 0.2) is 29.8 Å². The topological polar surface area (TPSA) is 9.23 Å². The minimum Gasteiger partial charge on any atom is -1.00 e. The summed E-state index contributed by atoms with van der Waals surface area (Å²) in [5, 5.41) is 0. The van der Waals surface area contributed by atoms with Crippen LogP contribution in [-0.4, -0.2) is 30.2 Å². The molecule has 0 heterocycles. The molecule has 11 heavy (non-hydrogen) atoms. The van der Waals surface area contributed by atoms with Crippen molar-refractivity contribution in [2.75, 3.05) is 7.11 Å². The Balaban J connectivity index is 0. The van der Waals surface area contributed by atoms with E-state index >= 15 is 0 Å². The third-order valence-electron chi connectivity index (χ3n) is 0.963. The van der Waals surface area contributed by atoms with Crippen molar-refractivity contribution in [2.24, 2.45) is 0 Å². The van der Waals surface area contributed by atoms with E-state index in [1.807, 2.05) is 0 Å². The van der Waals surface area contributed by atoms with Crippen molar-refractivity contribution in [3.8, 4) is 0 Å². The van der Waals surface area contributed by atoms with Crippen LogP contribution >= 0.6 is 0 Å². The van der Waals surface area contributed by atoms with Gasteiger partial charge >= 0.3 is 23.1 Å². The van der Waals surface area contributed by atoms with Crippen LogP contribution in [0, 0.1) is 6.10 Å². The average Bonchev–Trinajstić information content (AvgIpc) is 1.88. The Labute approximate surface area is 91.9 Å². The summed E-state index contributed by atoms with van der Waals surface area (Å²) in [7, 11) is 1.49. The molecule has 0 aromatic carbocycles. The summed E-state index contributed by atoms with van der Waals surface area (Å²) >= 11 is 0. The molecule has 1 aliphatic rings. The molecule has 0 unspecified atom stereocenters. The van der Waals surface area contributed by atoms with E-state index in [4.69, 9.17) is 4.74 Å². The number of hydrogen-bond acceptors (Lipinski definition) is 1. The fraction of sp³-hybridized carbons (Fsp3) is 0.143. The fourth-order valence-corrected chi connectivity index (χ4v) is 0.540. The predicted molar refractivity (Wildman–Crippen MR) is 37.9 cm³/mol. The van der Waals surface area contributed by atoms with Gasteiger partial charge in [0.15, 0.2) is 0 Å². The van der Waals surface area contributed by atoms with E-state index in [-0.39, 0.29) is 45.9 Å². The van der Waals surface area contributed by atoms with Crippen LogP contribution in [0.1, 0.15) is 0 Å². The Morgan fingerprint density at radius 1 is 1.64 bits per heavy atom. The summed E-state index contributed by atoms with van der Waals surface area (Å²) in [5.41, 5.74) is 2.58. The van der Waals surface area contributed by atoms with Crippen molar-refractivity contribution >= 4 is 23.1 Å². The summed E-state index contributed by atoms with van der Waals surface area (Å²) in [4.78, 5) is 0. The molecule has 0 fully saturated rings. The van der Waals surface area contributed by atoms with Crippen LogP contribution in [0.25, 0.3) is 0 Å². The summed E-state index contributed by atoms with van der Waals surface area (Å²) in [6.45, 7) is 0. The molecule has 0 aromatic rings. The number of ether oxygens (including phenoxy) is 1. The zero-order valence-electron chi connectivity index (χ0n) is 6.10. The first-order chi connectivity index (χ1) is 4.33. The first-order valence-corrected chi connectivity index (χ1v) is 2.53. The van der Waals surface area contributed by atoms with Crippen molar-refractivity contribution in [3.05, 3.63) is 35.9 Å². The normalized spacial score (nSPS) is 13.3. The van der Waals surface area contributed by atoms with Gasteiger partial charge in [-0.25, -0.2) is 0 Å². The monoisotopic (exact) mass is 228 g/mol. The molecule has 0 aromatic heterocycles. The van der Waals surface area contributed by atoms with Crippen molar-refractivity contribution in [1.82, 2.24) is 0 Å². The van der Waals surface area contributed by atoms with Crippen LogP contribution in [-0.2, 0) is 4.74 Å². The summed E-state index contributed by atoms with van der Waals surface area (Å²) in [5.74, 6) is -0.325. The van der Waals surface area contributed by atoms with E-state index < -0.39 is 0 Å². The third kappa shape index (κ3) is 4.66. The van der Waals surface area contributed by atoms with Gasteiger partial charge in [0.25, 0.3) is 0 Å². The maximum absolute atomic E-state index is 12.2. The molecular weight excluding hydrogens is 223 g/mol.